The fourth-order valence-electron chi connectivity index (χ4n) is 0.289. The van der Waals surface area contributed by atoms with Crippen LogP contribution in [0.15, 0.2) is 4.99 Å². The molecule has 0 bridgehead atoms. The summed E-state index contributed by atoms with van der Waals surface area (Å²) < 4.78 is 4.52. The summed E-state index contributed by atoms with van der Waals surface area (Å²) in [7, 11) is 1.54. The zero-order valence-corrected chi connectivity index (χ0v) is 5.00. The topological polar surface area (TPSA) is 41.8 Å². The van der Waals surface area contributed by atoms with Gasteiger partial charge in [-0.2, -0.15) is 0 Å². The van der Waals surface area contributed by atoms with E-state index in [0.29, 0.717) is 13.0 Å². The van der Waals surface area contributed by atoms with Crippen molar-refractivity contribution in [3.05, 3.63) is 0 Å². The fraction of sp³-hybridized carbons (Fsp3) is 0.750. The molecule has 0 spiro atoms. The van der Waals surface area contributed by atoms with Gasteiger partial charge in [-0.3, -0.25) is 4.99 Å². The van der Waals surface area contributed by atoms with Gasteiger partial charge in [0.15, 0.2) is 6.40 Å². The molecule has 8 heavy (non-hydrogen) atoms. The first-order chi connectivity index (χ1) is 3.91. The quantitative estimate of drug-likeness (QED) is 0.220. The predicted octanol–water partition coefficient (Wildman–Crippen LogP) is -1.04. The highest BCUT2D eigenvalue weighted by molar-refractivity contribution is 6.02. The van der Waals surface area contributed by atoms with Crippen LogP contribution in [0.4, 0.5) is 0 Å². The highest BCUT2D eigenvalue weighted by atomic mass is 16.4. The third kappa shape index (κ3) is 5.49. The molecule has 0 radical (unpaired) electrons. The molecule has 3 nitrogen and oxygen atoms in total. The lowest BCUT2D eigenvalue weighted by Crippen LogP contribution is -1.88. The van der Waals surface area contributed by atoms with Crippen LogP contribution in [0.3, 0.4) is 0 Å². The SMILES string of the molecule is BOC=NCCCO. The van der Waals surface area contributed by atoms with Gasteiger partial charge in [0.1, 0.15) is 0 Å². The molecule has 46 valence electrons. The number of aliphatic hydroxyl groups is 1. The summed E-state index contributed by atoms with van der Waals surface area (Å²) in [5.74, 6) is 0. The second kappa shape index (κ2) is 6.49. The zero-order chi connectivity index (χ0) is 6.24. The van der Waals surface area contributed by atoms with Crippen LogP contribution < -0.4 is 0 Å². The molecule has 0 fully saturated rings. The highest BCUT2D eigenvalue weighted by Crippen LogP contribution is 1.75. The normalized spacial score (nSPS) is 10.1. The maximum absolute atomic E-state index is 8.25. The molecule has 0 saturated carbocycles. The van der Waals surface area contributed by atoms with Crippen LogP contribution in [0.2, 0.25) is 0 Å². The lowest BCUT2D eigenvalue weighted by atomic mass is 10.5. The second-order valence-electron chi connectivity index (χ2n) is 1.32. The molecule has 0 aromatic heterocycles. The van der Waals surface area contributed by atoms with E-state index in [0.717, 1.165) is 0 Å². The van der Waals surface area contributed by atoms with E-state index in [-0.39, 0.29) is 6.61 Å². The molecule has 0 unspecified atom stereocenters. The summed E-state index contributed by atoms with van der Waals surface area (Å²) in [6.45, 7) is 0.839. The van der Waals surface area contributed by atoms with Crippen LogP contribution >= 0.6 is 0 Å². The van der Waals surface area contributed by atoms with E-state index in [4.69, 9.17) is 5.11 Å². The molecule has 0 aliphatic heterocycles. The van der Waals surface area contributed by atoms with Crippen molar-refractivity contribution in [3.8, 4) is 0 Å². The van der Waals surface area contributed by atoms with Crippen LogP contribution in [-0.4, -0.2) is 32.7 Å². The molecule has 0 aromatic carbocycles. The summed E-state index contributed by atoms with van der Waals surface area (Å²) in [4.78, 5) is 3.77. The third-order valence-electron chi connectivity index (χ3n) is 0.625. The lowest BCUT2D eigenvalue weighted by Gasteiger charge is -1.87. The van der Waals surface area contributed by atoms with Crippen LogP contribution in [-0.2, 0) is 4.65 Å². The lowest BCUT2D eigenvalue weighted by molar-refractivity contribution is 0.291. The van der Waals surface area contributed by atoms with Gasteiger partial charge in [0.05, 0.1) is 0 Å². The van der Waals surface area contributed by atoms with Crippen molar-refractivity contribution in [2.24, 2.45) is 4.99 Å². The van der Waals surface area contributed by atoms with Gasteiger partial charge in [0.25, 0.3) is 0 Å². The Morgan fingerprint density at radius 3 is 3.00 bits per heavy atom. The van der Waals surface area contributed by atoms with E-state index in [9.17, 15) is 0 Å². The first-order valence-corrected chi connectivity index (χ1v) is 2.53. The van der Waals surface area contributed by atoms with E-state index in [1.54, 1.807) is 8.05 Å². The Labute approximate surface area is 49.8 Å². The van der Waals surface area contributed by atoms with Crippen LogP contribution in [0.5, 0.6) is 0 Å². The van der Waals surface area contributed by atoms with Crippen molar-refractivity contribution in [3.63, 3.8) is 0 Å². The Bertz CT molecular complexity index is 67.1. The number of hydrogen-bond donors (Lipinski definition) is 1. The monoisotopic (exact) mass is 115 g/mol. The Morgan fingerprint density at radius 2 is 2.50 bits per heavy atom. The van der Waals surface area contributed by atoms with Crippen LogP contribution in [0, 0.1) is 0 Å². The largest absolute Gasteiger partial charge is 0.560 e. The van der Waals surface area contributed by atoms with Crippen molar-refractivity contribution in [1.82, 2.24) is 0 Å². The average molecular weight is 115 g/mol. The van der Waals surface area contributed by atoms with E-state index < -0.39 is 0 Å². The molecule has 0 aliphatic rings. The van der Waals surface area contributed by atoms with E-state index in [1.165, 1.54) is 6.40 Å². The second-order valence-corrected chi connectivity index (χ2v) is 1.32. The smallest absolute Gasteiger partial charge is 0.323 e. The summed E-state index contributed by atoms with van der Waals surface area (Å²) >= 11 is 0. The summed E-state index contributed by atoms with van der Waals surface area (Å²) in [6.07, 6.45) is 2.08. The number of nitrogens with zero attached hydrogens (tertiary/aromatic N) is 1. The standard InChI is InChI=1S/C4H10BNO2/c5-8-4-6-2-1-3-7/h4,7H,1-3,5H2. The van der Waals surface area contributed by atoms with E-state index in [1.807, 2.05) is 0 Å². The molecule has 0 heterocycles. The summed E-state index contributed by atoms with van der Waals surface area (Å²) in [6, 6.07) is 0. The molecule has 0 aliphatic carbocycles. The van der Waals surface area contributed by atoms with Crippen molar-refractivity contribution in [1.29, 1.82) is 0 Å². The Morgan fingerprint density at radius 1 is 1.75 bits per heavy atom. The number of rotatable bonds is 4. The molecule has 4 heteroatoms. The molecule has 1 N–H and O–H groups in total. The van der Waals surface area contributed by atoms with Gasteiger partial charge in [-0.05, 0) is 6.42 Å². The fourth-order valence-corrected chi connectivity index (χ4v) is 0.289. The van der Waals surface area contributed by atoms with Crippen LogP contribution in [0.25, 0.3) is 0 Å². The van der Waals surface area contributed by atoms with Gasteiger partial charge < -0.3 is 9.76 Å². The average Bonchev–Trinajstić information content (AvgIpc) is 1.81. The third-order valence-corrected chi connectivity index (χ3v) is 0.625. The van der Waals surface area contributed by atoms with E-state index in [2.05, 4.69) is 9.65 Å². The number of aliphatic hydroxyl groups excluding tert-OH is 1. The van der Waals surface area contributed by atoms with Gasteiger partial charge in [-0.15, -0.1) is 0 Å². The van der Waals surface area contributed by atoms with Crippen molar-refractivity contribution in [2.75, 3.05) is 13.2 Å². The maximum atomic E-state index is 8.25. The molecule has 0 saturated heterocycles. The Balaban J connectivity index is 2.80. The minimum absolute atomic E-state index is 0.195. The predicted molar refractivity (Wildman–Crippen MR) is 34.7 cm³/mol. The Kier molecular flexibility index (Phi) is 6.08. The first kappa shape index (κ1) is 7.49. The van der Waals surface area contributed by atoms with Gasteiger partial charge in [-0.1, -0.05) is 0 Å². The maximum Gasteiger partial charge on any atom is 0.323 e. The van der Waals surface area contributed by atoms with Gasteiger partial charge >= 0.3 is 8.05 Å². The minimum Gasteiger partial charge on any atom is -0.560 e. The minimum atomic E-state index is 0.195. The number of hydrogen-bond acceptors (Lipinski definition) is 3. The van der Waals surface area contributed by atoms with Gasteiger partial charge in [-0.25, -0.2) is 0 Å². The zero-order valence-electron chi connectivity index (χ0n) is 5.00. The molecule has 0 atom stereocenters. The van der Waals surface area contributed by atoms with Crippen molar-refractivity contribution in [2.45, 2.75) is 6.42 Å². The molecule has 0 aromatic rings. The molecule has 0 rings (SSSR count). The summed E-state index contributed by atoms with van der Waals surface area (Å²) in [5, 5.41) is 8.25. The van der Waals surface area contributed by atoms with Crippen molar-refractivity contribution < 1.29 is 9.76 Å². The van der Waals surface area contributed by atoms with E-state index >= 15 is 0 Å². The molecular formula is C4H10BNO2. The summed E-state index contributed by atoms with van der Waals surface area (Å²) in [5.41, 5.74) is 0. The van der Waals surface area contributed by atoms with Crippen LogP contribution in [0.1, 0.15) is 6.42 Å². The molecule has 0 amide bonds. The van der Waals surface area contributed by atoms with Gasteiger partial charge in [0, 0.05) is 13.2 Å². The highest BCUT2D eigenvalue weighted by Gasteiger charge is 1.76. The van der Waals surface area contributed by atoms with Gasteiger partial charge in [0.2, 0.25) is 0 Å². The van der Waals surface area contributed by atoms with Crippen molar-refractivity contribution >= 4 is 14.4 Å². The molecular weight excluding hydrogens is 105 g/mol. The Hall–Kier alpha value is -0.505. The number of aliphatic imine (C=N–C) groups is 1. The first-order valence-electron chi connectivity index (χ1n) is 2.53.